The fraction of sp³-hybridized carbons (Fsp3) is 0.500. The van der Waals surface area contributed by atoms with Crippen molar-refractivity contribution in [3.63, 3.8) is 0 Å². The number of carbonyl (C=O) groups is 2. The van der Waals surface area contributed by atoms with Crippen molar-refractivity contribution in [1.29, 1.82) is 5.26 Å². The van der Waals surface area contributed by atoms with Crippen LogP contribution in [0.4, 0.5) is 0 Å². The van der Waals surface area contributed by atoms with E-state index in [9.17, 15) is 29.2 Å². The maximum Gasteiger partial charge on any atom is 0.335 e. The number of nitrogens with zero attached hydrogens (tertiary/aromatic N) is 1. The van der Waals surface area contributed by atoms with E-state index in [4.69, 9.17) is 0 Å². The highest BCUT2D eigenvalue weighted by atomic mass is 31.2. The Morgan fingerprint density at radius 2 is 1.84 bits per heavy atom. The van der Waals surface area contributed by atoms with Gasteiger partial charge in [-0.1, -0.05) is 38.1 Å². The maximum atomic E-state index is 12.9. The molecule has 0 aromatic heterocycles. The number of hydrogen-bond donors (Lipinski definition) is 2. The summed E-state index contributed by atoms with van der Waals surface area (Å²) in [6.45, 7) is 3.31. The molecule has 1 fully saturated rings. The molecule has 1 aliphatic carbocycles. The molecule has 0 aliphatic heterocycles. The highest BCUT2D eigenvalue weighted by Gasteiger charge is 2.48. The quantitative estimate of drug-likeness (QED) is 0.416. The summed E-state index contributed by atoms with van der Waals surface area (Å²) >= 11 is 0. The lowest BCUT2D eigenvalue weighted by Crippen LogP contribution is -2.30. The third kappa shape index (κ3) is 3.46. The number of rotatable bonds is 8. The first-order chi connectivity index (χ1) is 11.7. The lowest BCUT2D eigenvalue weighted by molar-refractivity contribution is -0.121. The van der Waals surface area contributed by atoms with E-state index in [-0.39, 0.29) is 29.9 Å². The van der Waals surface area contributed by atoms with Gasteiger partial charge in [0.1, 0.15) is 0 Å². The van der Waals surface area contributed by atoms with Gasteiger partial charge >= 0.3 is 7.60 Å². The fourth-order valence-corrected chi connectivity index (χ4v) is 4.65. The molecule has 2 N–H and O–H groups in total. The second-order valence-electron chi connectivity index (χ2n) is 6.43. The summed E-state index contributed by atoms with van der Waals surface area (Å²) in [5.74, 6) is -2.73. The van der Waals surface area contributed by atoms with Crippen molar-refractivity contribution >= 4 is 19.2 Å². The second kappa shape index (κ2) is 7.21. The molecule has 1 saturated carbocycles. The SMILES string of the molecule is CCC(CC)(c1ccccc1C(=O)C(C#N)C(=O)C1CC1)P(=O)(O)O. The van der Waals surface area contributed by atoms with Gasteiger partial charge in [-0.25, -0.2) is 0 Å². The first-order valence-electron chi connectivity index (χ1n) is 8.36. The Morgan fingerprint density at radius 1 is 1.28 bits per heavy atom. The molecule has 1 aromatic rings. The molecule has 0 saturated heterocycles. The van der Waals surface area contributed by atoms with Crippen LogP contribution < -0.4 is 0 Å². The zero-order chi connectivity index (χ0) is 18.8. The number of ketones is 2. The van der Waals surface area contributed by atoms with Crippen LogP contribution in [0.5, 0.6) is 0 Å². The molecule has 1 unspecified atom stereocenters. The average Bonchev–Trinajstić information content (AvgIpc) is 3.41. The van der Waals surface area contributed by atoms with Gasteiger partial charge < -0.3 is 9.79 Å². The summed E-state index contributed by atoms with van der Waals surface area (Å²) in [5.41, 5.74) is 0.261. The van der Waals surface area contributed by atoms with Crippen molar-refractivity contribution in [3.8, 4) is 6.07 Å². The molecule has 0 heterocycles. The molecule has 7 heteroatoms. The molecule has 0 bridgehead atoms. The van der Waals surface area contributed by atoms with E-state index < -0.39 is 30.2 Å². The van der Waals surface area contributed by atoms with Crippen molar-refractivity contribution in [2.45, 2.75) is 44.7 Å². The Balaban J connectivity index is 2.57. The molecule has 1 aromatic carbocycles. The monoisotopic (exact) mass is 363 g/mol. The zero-order valence-corrected chi connectivity index (χ0v) is 15.2. The van der Waals surface area contributed by atoms with Gasteiger partial charge in [0.05, 0.1) is 11.2 Å². The third-order valence-corrected chi connectivity index (χ3v) is 7.07. The largest absolute Gasteiger partial charge is 0.335 e. The van der Waals surface area contributed by atoms with Crippen LogP contribution in [0, 0.1) is 23.2 Å². The molecule has 134 valence electrons. The van der Waals surface area contributed by atoms with Gasteiger partial charge in [-0.05, 0) is 31.2 Å². The smallest absolute Gasteiger partial charge is 0.324 e. The zero-order valence-electron chi connectivity index (χ0n) is 14.3. The minimum Gasteiger partial charge on any atom is -0.324 e. The topological polar surface area (TPSA) is 115 Å². The van der Waals surface area contributed by atoms with Crippen LogP contribution in [0.1, 0.15) is 55.5 Å². The van der Waals surface area contributed by atoms with Crippen LogP contribution in [-0.4, -0.2) is 21.4 Å². The maximum absolute atomic E-state index is 12.9. The number of carbonyl (C=O) groups excluding carboxylic acids is 2. The second-order valence-corrected chi connectivity index (χ2v) is 8.38. The van der Waals surface area contributed by atoms with Gasteiger partial charge in [0.15, 0.2) is 17.5 Å². The average molecular weight is 363 g/mol. The van der Waals surface area contributed by atoms with Gasteiger partial charge in [0.25, 0.3) is 0 Å². The van der Waals surface area contributed by atoms with Gasteiger partial charge in [0, 0.05) is 11.5 Å². The minimum absolute atomic E-state index is 0.0510. The standard InChI is InChI=1S/C18H22NO5P/c1-3-18(4-2,25(22,23)24)15-8-6-5-7-13(15)17(21)14(11-19)16(20)12-9-10-12/h5-8,12,14H,3-4,9-10H2,1-2H3,(H2,22,23,24). The van der Waals surface area contributed by atoms with Crippen molar-refractivity contribution in [2.75, 3.05) is 0 Å². The van der Waals surface area contributed by atoms with Gasteiger partial charge in [-0.3, -0.25) is 14.2 Å². The Kier molecular flexibility index (Phi) is 5.63. The number of nitriles is 1. The van der Waals surface area contributed by atoms with Crippen molar-refractivity contribution in [3.05, 3.63) is 35.4 Å². The van der Waals surface area contributed by atoms with Crippen LogP contribution in [0.3, 0.4) is 0 Å². The van der Waals surface area contributed by atoms with Crippen molar-refractivity contribution in [2.24, 2.45) is 11.8 Å². The summed E-state index contributed by atoms with van der Waals surface area (Å²) in [6, 6.07) is 7.91. The molecule has 6 nitrogen and oxygen atoms in total. The number of hydrogen-bond acceptors (Lipinski definition) is 4. The van der Waals surface area contributed by atoms with E-state index in [1.54, 1.807) is 32.0 Å². The van der Waals surface area contributed by atoms with E-state index in [2.05, 4.69) is 0 Å². The van der Waals surface area contributed by atoms with E-state index in [1.807, 2.05) is 0 Å². The van der Waals surface area contributed by atoms with E-state index >= 15 is 0 Å². The predicted octanol–water partition coefficient (Wildman–Crippen LogP) is 3.18. The van der Waals surface area contributed by atoms with Gasteiger partial charge in [0.2, 0.25) is 0 Å². The Hall–Kier alpha value is -1.80. The highest BCUT2D eigenvalue weighted by Crippen LogP contribution is 2.61. The molecule has 2 rings (SSSR count). The van der Waals surface area contributed by atoms with Crippen LogP contribution >= 0.6 is 7.60 Å². The molecule has 1 aliphatic rings. The number of benzene rings is 1. The lowest BCUT2D eigenvalue weighted by atomic mass is 9.83. The van der Waals surface area contributed by atoms with E-state index in [1.165, 1.54) is 12.1 Å². The molecular weight excluding hydrogens is 341 g/mol. The first-order valence-corrected chi connectivity index (χ1v) is 9.97. The normalized spacial score (nSPS) is 16.1. The lowest BCUT2D eigenvalue weighted by Gasteiger charge is -2.34. The molecule has 0 radical (unpaired) electrons. The minimum atomic E-state index is -4.58. The predicted molar refractivity (Wildman–Crippen MR) is 91.9 cm³/mol. The van der Waals surface area contributed by atoms with Gasteiger partial charge in [-0.2, -0.15) is 5.26 Å². The summed E-state index contributed by atoms with van der Waals surface area (Å²) in [5, 5.41) is 7.82. The molecule has 1 atom stereocenters. The molecule has 0 spiro atoms. The van der Waals surface area contributed by atoms with Crippen molar-refractivity contribution in [1.82, 2.24) is 0 Å². The first kappa shape index (κ1) is 19.5. The molecular formula is C18H22NO5P. The van der Waals surface area contributed by atoms with Crippen LogP contribution in [0.2, 0.25) is 0 Å². The Bertz CT molecular complexity index is 768. The van der Waals surface area contributed by atoms with Crippen molar-refractivity contribution < 1.29 is 23.9 Å². The molecule has 0 amide bonds. The van der Waals surface area contributed by atoms with E-state index in [0.717, 1.165) is 0 Å². The van der Waals surface area contributed by atoms with Crippen LogP contribution in [-0.2, 0) is 14.5 Å². The van der Waals surface area contributed by atoms with E-state index in [0.29, 0.717) is 12.8 Å². The Morgan fingerprint density at radius 3 is 2.28 bits per heavy atom. The number of Topliss-reactive ketones (excluding diaryl/α,β-unsaturated/α-hetero) is 2. The Labute approximate surface area is 147 Å². The summed E-state index contributed by atoms with van der Waals surface area (Å²) in [6.07, 6.45) is 1.63. The van der Waals surface area contributed by atoms with Crippen LogP contribution in [0.15, 0.2) is 24.3 Å². The highest BCUT2D eigenvalue weighted by molar-refractivity contribution is 7.53. The van der Waals surface area contributed by atoms with Crippen LogP contribution in [0.25, 0.3) is 0 Å². The summed E-state index contributed by atoms with van der Waals surface area (Å²) < 4.78 is 12.2. The van der Waals surface area contributed by atoms with Gasteiger partial charge in [-0.15, -0.1) is 0 Å². The fourth-order valence-electron chi connectivity index (χ4n) is 3.31. The summed E-state index contributed by atoms with van der Waals surface area (Å²) in [7, 11) is -4.58. The summed E-state index contributed by atoms with van der Waals surface area (Å²) in [4.78, 5) is 45.0. The molecule has 25 heavy (non-hydrogen) atoms. The third-order valence-electron chi connectivity index (χ3n) is 5.08.